The van der Waals surface area contributed by atoms with Crippen LogP contribution >= 0.6 is 0 Å². The van der Waals surface area contributed by atoms with Crippen LogP contribution in [0.2, 0.25) is 0 Å². The van der Waals surface area contributed by atoms with E-state index in [1.165, 1.54) is 13.5 Å². The van der Waals surface area contributed by atoms with E-state index >= 15 is 0 Å². The fourth-order valence-corrected chi connectivity index (χ4v) is 3.87. The van der Waals surface area contributed by atoms with Crippen molar-refractivity contribution in [2.75, 3.05) is 7.11 Å². The van der Waals surface area contributed by atoms with Gasteiger partial charge < -0.3 is 9.94 Å². The average molecular weight is 239 g/mol. The SMILES string of the molecule is COC(=O)CCC1(C)C2CCC1(C)/C(=N/O)C2. The van der Waals surface area contributed by atoms with Crippen molar-refractivity contribution in [2.24, 2.45) is 21.9 Å². The third kappa shape index (κ3) is 1.57. The third-order valence-corrected chi connectivity index (χ3v) is 5.43. The first-order valence-electron chi connectivity index (χ1n) is 6.26. The first-order valence-corrected chi connectivity index (χ1v) is 6.26. The molecule has 2 bridgehead atoms. The first-order chi connectivity index (χ1) is 7.98. The molecular weight excluding hydrogens is 218 g/mol. The third-order valence-electron chi connectivity index (χ3n) is 5.43. The van der Waals surface area contributed by atoms with Crippen molar-refractivity contribution in [3.8, 4) is 0 Å². The number of oxime groups is 1. The second-order valence-electron chi connectivity index (χ2n) is 5.81. The largest absolute Gasteiger partial charge is 0.469 e. The van der Waals surface area contributed by atoms with Crippen molar-refractivity contribution in [1.82, 2.24) is 0 Å². The van der Waals surface area contributed by atoms with Crippen molar-refractivity contribution in [3.63, 3.8) is 0 Å². The Morgan fingerprint density at radius 2 is 2.29 bits per heavy atom. The van der Waals surface area contributed by atoms with Gasteiger partial charge in [0.05, 0.1) is 12.8 Å². The minimum Gasteiger partial charge on any atom is -0.469 e. The van der Waals surface area contributed by atoms with Crippen LogP contribution in [0.3, 0.4) is 0 Å². The fraction of sp³-hybridized carbons (Fsp3) is 0.846. The molecule has 0 amide bonds. The van der Waals surface area contributed by atoms with E-state index in [0.717, 1.165) is 25.0 Å². The lowest BCUT2D eigenvalue weighted by Crippen LogP contribution is -2.35. The zero-order chi connectivity index (χ0) is 12.7. The standard InChI is InChI=1S/C13H21NO3/c1-12(7-5-11(15)17-3)9-4-6-13(12,2)10(8-9)14-16/h9,16H,4-8H2,1-3H3/b14-10+. The van der Waals surface area contributed by atoms with Gasteiger partial charge >= 0.3 is 5.97 Å². The van der Waals surface area contributed by atoms with E-state index in [1.807, 2.05) is 0 Å². The molecule has 3 unspecified atom stereocenters. The summed E-state index contributed by atoms with van der Waals surface area (Å²) in [6.07, 6.45) is 4.39. The molecule has 96 valence electrons. The van der Waals surface area contributed by atoms with E-state index in [2.05, 4.69) is 19.0 Å². The van der Waals surface area contributed by atoms with Crippen LogP contribution < -0.4 is 0 Å². The van der Waals surface area contributed by atoms with Crippen LogP contribution in [-0.2, 0) is 9.53 Å². The summed E-state index contributed by atoms with van der Waals surface area (Å²) in [5, 5.41) is 12.6. The number of fused-ring (bicyclic) bond motifs is 2. The second-order valence-corrected chi connectivity index (χ2v) is 5.81. The number of carbonyl (C=O) groups is 1. The van der Waals surface area contributed by atoms with Crippen LogP contribution in [0.5, 0.6) is 0 Å². The quantitative estimate of drug-likeness (QED) is 0.468. The summed E-state index contributed by atoms with van der Waals surface area (Å²) in [6, 6.07) is 0. The number of methoxy groups -OCH3 is 1. The van der Waals surface area contributed by atoms with E-state index in [4.69, 9.17) is 9.94 Å². The highest BCUT2D eigenvalue weighted by Gasteiger charge is 2.62. The van der Waals surface area contributed by atoms with E-state index in [1.54, 1.807) is 0 Å². The lowest BCUT2D eigenvalue weighted by Gasteiger charge is -2.37. The van der Waals surface area contributed by atoms with Gasteiger partial charge in [0.1, 0.15) is 0 Å². The van der Waals surface area contributed by atoms with Crippen LogP contribution in [0, 0.1) is 16.7 Å². The number of rotatable bonds is 3. The van der Waals surface area contributed by atoms with Gasteiger partial charge in [0.25, 0.3) is 0 Å². The van der Waals surface area contributed by atoms with Crippen molar-refractivity contribution in [2.45, 2.75) is 46.0 Å². The molecule has 0 aromatic rings. The molecule has 3 atom stereocenters. The number of carbonyl (C=O) groups excluding carboxylic acids is 1. The van der Waals surface area contributed by atoms with Gasteiger partial charge in [0.2, 0.25) is 0 Å². The Morgan fingerprint density at radius 3 is 2.82 bits per heavy atom. The molecule has 2 aliphatic carbocycles. The predicted molar refractivity (Wildman–Crippen MR) is 64.0 cm³/mol. The Bertz CT molecular complexity index is 366. The summed E-state index contributed by atoms with van der Waals surface area (Å²) in [5.74, 6) is 0.395. The molecule has 0 aromatic heterocycles. The summed E-state index contributed by atoms with van der Waals surface area (Å²) in [4.78, 5) is 11.3. The van der Waals surface area contributed by atoms with Crippen LogP contribution in [0.15, 0.2) is 5.16 Å². The van der Waals surface area contributed by atoms with Crippen molar-refractivity contribution < 1.29 is 14.7 Å². The maximum atomic E-state index is 11.3. The van der Waals surface area contributed by atoms with Crippen molar-refractivity contribution in [1.29, 1.82) is 0 Å². The zero-order valence-corrected chi connectivity index (χ0v) is 10.8. The second kappa shape index (κ2) is 4.00. The fourth-order valence-electron chi connectivity index (χ4n) is 3.87. The van der Waals surface area contributed by atoms with Crippen molar-refractivity contribution >= 4 is 11.7 Å². The molecule has 2 aliphatic rings. The number of nitrogens with zero attached hydrogens (tertiary/aromatic N) is 1. The molecule has 0 aliphatic heterocycles. The summed E-state index contributed by atoms with van der Waals surface area (Å²) in [6.45, 7) is 4.40. The number of hydrogen-bond donors (Lipinski definition) is 1. The summed E-state index contributed by atoms with van der Waals surface area (Å²) < 4.78 is 4.71. The van der Waals surface area contributed by atoms with Crippen LogP contribution in [-0.4, -0.2) is 24.0 Å². The van der Waals surface area contributed by atoms with Gasteiger partial charge in [-0.15, -0.1) is 0 Å². The Balaban J connectivity index is 2.18. The van der Waals surface area contributed by atoms with Gasteiger partial charge in [-0.1, -0.05) is 19.0 Å². The van der Waals surface area contributed by atoms with E-state index in [-0.39, 0.29) is 16.8 Å². The molecule has 0 radical (unpaired) electrons. The van der Waals surface area contributed by atoms with Gasteiger partial charge in [-0.05, 0) is 37.0 Å². The predicted octanol–water partition coefficient (Wildman–Crippen LogP) is 2.60. The average Bonchev–Trinajstić information content (AvgIpc) is 2.70. The van der Waals surface area contributed by atoms with Gasteiger partial charge in [-0.2, -0.15) is 0 Å². The molecule has 2 fully saturated rings. The maximum Gasteiger partial charge on any atom is 0.305 e. The molecule has 2 rings (SSSR count). The molecule has 0 aromatic carbocycles. The Morgan fingerprint density at radius 1 is 1.59 bits per heavy atom. The smallest absolute Gasteiger partial charge is 0.305 e. The van der Waals surface area contributed by atoms with Gasteiger partial charge in [0.15, 0.2) is 0 Å². The highest BCUT2D eigenvalue weighted by Crippen LogP contribution is 2.66. The van der Waals surface area contributed by atoms with Gasteiger partial charge in [-0.25, -0.2) is 0 Å². The zero-order valence-electron chi connectivity index (χ0n) is 10.8. The molecule has 2 saturated carbocycles. The normalized spacial score (nSPS) is 42.1. The lowest BCUT2D eigenvalue weighted by molar-refractivity contribution is -0.141. The van der Waals surface area contributed by atoms with Gasteiger partial charge in [-0.3, -0.25) is 4.79 Å². The summed E-state index contributed by atoms with van der Waals surface area (Å²) in [5.41, 5.74) is 0.949. The Labute approximate surface area is 102 Å². The molecule has 4 nitrogen and oxygen atoms in total. The first kappa shape index (κ1) is 12.4. The maximum absolute atomic E-state index is 11.3. The van der Waals surface area contributed by atoms with Gasteiger partial charge in [0, 0.05) is 11.8 Å². The topological polar surface area (TPSA) is 58.9 Å². The highest BCUT2D eigenvalue weighted by atomic mass is 16.5. The van der Waals surface area contributed by atoms with E-state index in [9.17, 15) is 4.79 Å². The van der Waals surface area contributed by atoms with Crippen LogP contribution in [0.1, 0.15) is 46.0 Å². The summed E-state index contributed by atoms with van der Waals surface area (Å²) in [7, 11) is 1.43. The molecular formula is C13H21NO3. The molecule has 1 N–H and O–H groups in total. The number of hydrogen-bond acceptors (Lipinski definition) is 4. The number of ether oxygens (including phenoxy) is 1. The van der Waals surface area contributed by atoms with E-state index in [0.29, 0.717) is 12.3 Å². The molecule has 17 heavy (non-hydrogen) atoms. The Hall–Kier alpha value is -1.06. The molecule has 4 heteroatoms. The molecule has 0 heterocycles. The van der Waals surface area contributed by atoms with Crippen LogP contribution in [0.4, 0.5) is 0 Å². The highest BCUT2D eigenvalue weighted by molar-refractivity contribution is 5.94. The molecule has 0 saturated heterocycles. The minimum absolute atomic E-state index is 0.0412. The minimum atomic E-state index is -0.149. The monoisotopic (exact) mass is 239 g/mol. The van der Waals surface area contributed by atoms with Crippen LogP contribution in [0.25, 0.3) is 0 Å². The molecule has 0 spiro atoms. The van der Waals surface area contributed by atoms with E-state index < -0.39 is 0 Å². The van der Waals surface area contributed by atoms with Crippen molar-refractivity contribution in [3.05, 3.63) is 0 Å². The number of esters is 1. The lowest BCUT2D eigenvalue weighted by atomic mass is 9.66. The Kier molecular flexibility index (Phi) is 2.92. The summed E-state index contributed by atoms with van der Waals surface area (Å²) >= 11 is 0.